The molecule has 3 rings (SSSR count). The number of ether oxygens (including phenoxy) is 2. The molecule has 0 radical (unpaired) electrons. The van der Waals surface area contributed by atoms with Crippen molar-refractivity contribution in [3.63, 3.8) is 0 Å². The van der Waals surface area contributed by atoms with Gasteiger partial charge in [-0.2, -0.15) is 0 Å². The van der Waals surface area contributed by atoms with Crippen molar-refractivity contribution in [3.8, 4) is 5.75 Å². The van der Waals surface area contributed by atoms with Crippen LogP contribution in [0.1, 0.15) is 41.1 Å². The number of nitrogens with one attached hydrogen (secondary N) is 1. The quantitative estimate of drug-likeness (QED) is 0.875. The van der Waals surface area contributed by atoms with E-state index in [4.69, 9.17) is 9.47 Å². The van der Waals surface area contributed by atoms with E-state index in [0.717, 1.165) is 17.7 Å². The number of carbonyl (C=O) groups is 1. The fraction of sp³-hybridized carbons (Fsp3) is 0.353. The van der Waals surface area contributed by atoms with Crippen LogP contribution in [0.3, 0.4) is 0 Å². The van der Waals surface area contributed by atoms with Gasteiger partial charge in [0.15, 0.2) is 0 Å². The molecule has 2 heterocycles. The van der Waals surface area contributed by atoms with E-state index in [-0.39, 0.29) is 6.04 Å². The maximum absolute atomic E-state index is 12.1. The second-order valence-corrected chi connectivity index (χ2v) is 5.27. The van der Waals surface area contributed by atoms with Crippen LogP contribution in [0, 0.1) is 6.92 Å². The van der Waals surface area contributed by atoms with Crippen molar-refractivity contribution in [1.29, 1.82) is 0 Å². The molecule has 1 unspecified atom stereocenters. The largest absolute Gasteiger partial charge is 0.493 e. The normalized spacial score (nSPS) is 16.2. The molecule has 1 aromatic heterocycles. The molecule has 6 heteroatoms. The molecule has 0 saturated carbocycles. The van der Waals surface area contributed by atoms with Crippen molar-refractivity contribution in [2.24, 2.45) is 0 Å². The molecule has 1 aromatic carbocycles. The van der Waals surface area contributed by atoms with Crippen molar-refractivity contribution >= 4 is 11.8 Å². The number of esters is 1. The van der Waals surface area contributed by atoms with Crippen LogP contribution in [0.25, 0.3) is 0 Å². The van der Waals surface area contributed by atoms with Gasteiger partial charge in [-0.1, -0.05) is 18.2 Å². The minimum Gasteiger partial charge on any atom is -0.493 e. The van der Waals surface area contributed by atoms with E-state index in [1.807, 2.05) is 24.3 Å². The van der Waals surface area contributed by atoms with Crippen molar-refractivity contribution in [3.05, 3.63) is 47.4 Å². The summed E-state index contributed by atoms with van der Waals surface area (Å²) >= 11 is 0. The molecule has 0 amide bonds. The van der Waals surface area contributed by atoms with E-state index in [9.17, 15) is 4.79 Å². The van der Waals surface area contributed by atoms with E-state index in [2.05, 4.69) is 15.3 Å². The number of aryl methyl sites for hydroxylation is 1. The highest BCUT2D eigenvalue weighted by Crippen LogP contribution is 2.34. The molecule has 0 bridgehead atoms. The number of carbonyl (C=O) groups excluding carboxylic acids is 1. The zero-order valence-electron chi connectivity index (χ0n) is 13.2. The number of nitrogens with zero attached hydrogens (tertiary/aromatic N) is 2. The predicted molar refractivity (Wildman–Crippen MR) is 85.6 cm³/mol. The van der Waals surface area contributed by atoms with Gasteiger partial charge in [-0.05, 0) is 19.9 Å². The Balaban J connectivity index is 1.91. The molecule has 0 fully saturated rings. The average molecular weight is 313 g/mol. The standard InChI is InChI=1S/C17H19N3O3/c1-3-22-17(21)13-10-18-11(2)19-16(13)20-14-8-9-23-15-7-5-4-6-12(14)15/h4-7,10,14H,3,8-9H2,1-2H3,(H,18,19,20). The Bertz CT molecular complexity index is 718. The third-order valence-electron chi connectivity index (χ3n) is 3.67. The topological polar surface area (TPSA) is 73.3 Å². The van der Waals surface area contributed by atoms with Gasteiger partial charge in [0.05, 0.1) is 19.3 Å². The third-order valence-corrected chi connectivity index (χ3v) is 3.67. The molecule has 23 heavy (non-hydrogen) atoms. The molecule has 0 saturated heterocycles. The van der Waals surface area contributed by atoms with E-state index in [0.29, 0.717) is 30.4 Å². The number of hydrogen-bond acceptors (Lipinski definition) is 6. The van der Waals surface area contributed by atoms with Crippen LogP contribution in [0.5, 0.6) is 5.75 Å². The Morgan fingerprint density at radius 1 is 1.43 bits per heavy atom. The Hall–Kier alpha value is -2.63. The van der Waals surface area contributed by atoms with Gasteiger partial charge in [0, 0.05) is 18.2 Å². The van der Waals surface area contributed by atoms with Crippen LogP contribution < -0.4 is 10.1 Å². The van der Waals surface area contributed by atoms with Crippen LogP contribution in [0.15, 0.2) is 30.5 Å². The number of rotatable bonds is 4. The molecule has 0 aliphatic carbocycles. The fourth-order valence-corrected chi connectivity index (χ4v) is 2.60. The molecule has 1 aliphatic heterocycles. The number of aromatic nitrogens is 2. The monoisotopic (exact) mass is 313 g/mol. The van der Waals surface area contributed by atoms with E-state index in [1.54, 1.807) is 13.8 Å². The van der Waals surface area contributed by atoms with Gasteiger partial charge in [-0.3, -0.25) is 0 Å². The minimum atomic E-state index is -0.421. The van der Waals surface area contributed by atoms with Crippen molar-refractivity contribution in [1.82, 2.24) is 9.97 Å². The zero-order chi connectivity index (χ0) is 16.2. The van der Waals surface area contributed by atoms with Gasteiger partial charge in [0.2, 0.25) is 0 Å². The van der Waals surface area contributed by atoms with Gasteiger partial charge in [0.1, 0.15) is 23.0 Å². The van der Waals surface area contributed by atoms with Crippen LogP contribution >= 0.6 is 0 Å². The molecule has 1 N–H and O–H groups in total. The summed E-state index contributed by atoms with van der Waals surface area (Å²) in [6, 6.07) is 7.91. The summed E-state index contributed by atoms with van der Waals surface area (Å²) in [6.07, 6.45) is 2.30. The lowest BCUT2D eigenvalue weighted by Crippen LogP contribution is -2.22. The third kappa shape index (κ3) is 3.26. The lowest BCUT2D eigenvalue weighted by Gasteiger charge is -2.27. The summed E-state index contributed by atoms with van der Waals surface area (Å²) in [7, 11) is 0. The number of para-hydroxylation sites is 1. The van der Waals surface area contributed by atoms with E-state index < -0.39 is 5.97 Å². The van der Waals surface area contributed by atoms with Gasteiger partial charge < -0.3 is 14.8 Å². The molecule has 120 valence electrons. The molecule has 6 nitrogen and oxygen atoms in total. The van der Waals surface area contributed by atoms with Gasteiger partial charge in [-0.25, -0.2) is 14.8 Å². The Labute approximate surface area is 134 Å². The first kappa shape index (κ1) is 15.3. The van der Waals surface area contributed by atoms with Crippen LogP contribution in [-0.2, 0) is 4.74 Å². The lowest BCUT2D eigenvalue weighted by atomic mass is 10.0. The number of hydrogen-bond donors (Lipinski definition) is 1. The number of anilines is 1. The van der Waals surface area contributed by atoms with Crippen LogP contribution in [0.2, 0.25) is 0 Å². The SMILES string of the molecule is CCOC(=O)c1cnc(C)nc1NC1CCOc2ccccc21. The summed E-state index contributed by atoms with van der Waals surface area (Å²) in [5, 5.41) is 3.35. The molecule has 0 spiro atoms. The number of fused-ring (bicyclic) bond motifs is 1. The first-order valence-electron chi connectivity index (χ1n) is 7.68. The summed E-state index contributed by atoms with van der Waals surface area (Å²) in [5.74, 6) is 1.54. The second kappa shape index (κ2) is 6.64. The molecule has 1 atom stereocenters. The summed E-state index contributed by atoms with van der Waals surface area (Å²) < 4.78 is 10.8. The summed E-state index contributed by atoms with van der Waals surface area (Å²) in [6.45, 7) is 4.49. The Morgan fingerprint density at radius 2 is 2.26 bits per heavy atom. The number of benzene rings is 1. The van der Waals surface area contributed by atoms with E-state index in [1.165, 1.54) is 6.20 Å². The second-order valence-electron chi connectivity index (χ2n) is 5.27. The summed E-state index contributed by atoms with van der Waals surface area (Å²) in [4.78, 5) is 20.6. The highest BCUT2D eigenvalue weighted by molar-refractivity contribution is 5.94. The zero-order valence-corrected chi connectivity index (χ0v) is 13.2. The molecule has 2 aromatic rings. The van der Waals surface area contributed by atoms with Gasteiger partial charge >= 0.3 is 5.97 Å². The van der Waals surface area contributed by atoms with Crippen molar-refractivity contribution in [2.75, 3.05) is 18.5 Å². The van der Waals surface area contributed by atoms with Gasteiger partial charge in [-0.15, -0.1) is 0 Å². The smallest absolute Gasteiger partial charge is 0.343 e. The average Bonchev–Trinajstić information content (AvgIpc) is 2.55. The van der Waals surface area contributed by atoms with Crippen molar-refractivity contribution < 1.29 is 14.3 Å². The Kier molecular flexibility index (Phi) is 4.41. The fourth-order valence-electron chi connectivity index (χ4n) is 2.60. The summed E-state index contributed by atoms with van der Waals surface area (Å²) in [5.41, 5.74) is 1.41. The highest BCUT2D eigenvalue weighted by atomic mass is 16.5. The highest BCUT2D eigenvalue weighted by Gasteiger charge is 2.24. The first-order valence-corrected chi connectivity index (χ1v) is 7.68. The van der Waals surface area contributed by atoms with Crippen LogP contribution in [0.4, 0.5) is 5.82 Å². The van der Waals surface area contributed by atoms with Crippen molar-refractivity contribution in [2.45, 2.75) is 26.3 Å². The first-order chi connectivity index (χ1) is 11.2. The predicted octanol–water partition coefficient (Wildman–Crippen LogP) is 2.90. The molecular weight excluding hydrogens is 294 g/mol. The Morgan fingerprint density at radius 3 is 3.09 bits per heavy atom. The maximum atomic E-state index is 12.1. The maximum Gasteiger partial charge on any atom is 0.343 e. The molecular formula is C17H19N3O3. The van der Waals surface area contributed by atoms with Crippen LogP contribution in [-0.4, -0.2) is 29.2 Å². The minimum absolute atomic E-state index is 0.0300. The van der Waals surface area contributed by atoms with Gasteiger partial charge in [0.25, 0.3) is 0 Å². The lowest BCUT2D eigenvalue weighted by molar-refractivity contribution is 0.0526. The molecule has 1 aliphatic rings. The van der Waals surface area contributed by atoms with E-state index >= 15 is 0 Å².